The summed E-state index contributed by atoms with van der Waals surface area (Å²) in [7, 11) is 0. The van der Waals surface area contributed by atoms with Gasteiger partial charge < -0.3 is 14.9 Å². The summed E-state index contributed by atoms with van der Waals surface area (Å²) in [4.78, 5) is 24.3. The molecule has 0 aromatic heterocycles. The number of benzene rings is 1. The lowest BCUT2D eigenvalue weighted by molar-refractivity contribution is -0.139. The molecule has 0 spiro atoms. The van der Waals surface area contributed by atoms with Crippen molar-refractivity contribution in [2.45, 2.75) is 32.4 Å². The molecule has 1 rings (SSSR count). The summed E-state index contributed by atoms with van der Waals surface area (Å²) in [5, 5.41) is 18.4. The molecule has 0 saturated carbocycles. The third kappa shape index (κ3) is 4.24. The first-order chi connectivity index (χ1) is 9.26. The van der Waals surface area contributed by atoms with Crippen LogP contribution < -0.4 is 4.90 Å². The van der Waals surface area contributed by atoms with Crippen LogP contribution in [-0.2, 0) is 9.53 Å². The summed E-state index contributed by atoms with van der Waals surface area (Å²) in [5.41, 5.74) is -0.411. The number of carbonyl (C=O) groups is 2. The second-order valence-corrected chi connectivity index (χ2v) is 5.22. The average Bonchev–Trinajstić information content (AvgIpc) is 2.33. The van der Waals surface area contributed by atoms with E-state index in [9.17, 15) is 14.7 Å². The van der Waals surface area contributed by atoms with Crippen molar-refractivity contribution in [3.63, 3.8) is 0 Å². The second-order valence-electron chi connectivity index (χ2n) is 5.22. The Hall–Kier alpha value is -2.08. The molecule has 0 radical (unpaired) electrons. The lowest BCUT2D eigenvalue weighted by atomic mass is 10.2. The Kier molecular flexibility index (Phi) is 5.10. The fourth-order valence-electron chi connectivity index (χ4n) is 1.58. The maximum Gasteiger partial charge on any atom is 0.415 e. The van der Waals surface area contributed by atoms with E-state index in [4.69, 9.17) is 9.84 Å². The molecule has 0 bridgehead atoms. The first-order valence-electron chi connectivity index (χ1n) is 6.17. The number of para-hydroxylation sites is 1. The van der Waals surface area contributed by atoms with Crippen LogP contribution in [-0.4, -0.2) is 40.5 Å². The molecular formula is C14H19NO5. The maximum atomic E-state index is 12.2. The minimum absolute atomic E-state index is 0.350. The van der Waals surface area contributed by atoms with Crippen molar-refractivity contribution in [3.8, 4) is 0 Å². The van der Waals surface area contributed by atoms with Gasteiger partial charge in [-0.1, -0.05) is 18.2 Å². The lowest BCUT2D eigenvalue weighted by Gasteiger charge is -2.30. The summed E-state index contributed by atoms with van der Waals surface area (Å²) >= 11 is 0. The minimum atomic E-state index is -1.40. The predicted molar refractivity (Wildman–Crippen MR) is 73.7 cm³/mol. The number of anilines is 1. The van der Waals surface area contributed by atoms with Crippen LogP contribution in [0.2, 0.25) is 0 Å². The Morgan fingerprint density at radius 1 is 1.25 bits per heavy atom. The molecule has 1 amide bonds. The van der Waals surface area contributed by atoms with Gasteiger partial charge in [-0.3, -0.25) is 4.90 Å². The van der Waals surface area contributed by atoms with Gasteiger partial charge in [0.15, 0.2) is 6.04 Å². The molecular weight excluding hydrogens is 262 g/mol. The van der Waals surface area contributed by atoms with Gasteiger partial charge in [0.25, 0.3) is 0 Å². The number of carboxylic acid groups (broad SMARTS) is 1. The zero-order valence-corrected chi connectivity index (χ0v) is 11.7. The topological polar surface area (TPSA) is 87.1 Å². The van der Waals surface area contributed by atoms with Gasteiger partial charge in [-0.15, -0.1) is 0 Å². The largest absolute Gasteiger partial charge is 0.480 e. The number of carboxylic acids is 1. The molecule has 0 aliphatic rings. The number of nitrogens with zero attached hydrogens (tertiary/aromatic N) is 1. The number of aliphatic carboxylic acids is 1. The van der Waals surface area contributed by atoms with E-state index in [-0.39, 0.29) is 0 Å². The van der Waals surface area contributed by atoms with Gasteiger partial charge in [-0.25, -0.2) is 9.59 Å². The highest BCUT2D eigenvalue weighted by atomic mass is 16.6. The molecule has 0 aliphatic heterocycles. The zero-order chi connectivity index (χ0) is 15.3. The number of rotatable bonds is 4. The Morgan fingerprint density at radius 3 is 2.20 bits per heavy atom. The molecule has 1 unspecified atom stereocenters. The van der Waals surface area contributed by atoms with Gasteiger partial charge in [0.2, 0.25) is 0 Å². The molecule has 110 valence electrons. The summed E-state index contributed by atoms with van der Waals surface area (Å²) < 4.78 is 5.20. The third-order valence-electron chi connectivity index (χ3n) is 2.39. The fraction of sp³-hybridized carbons (Fsp3) is 0.429. The van der Waals surface area contributed by atoms with Gasteiger partial charge in [-0.05, 0) is 32.9 Å². The van der Waals surface area contributed by atoms with Crippen LogP contribution in [0.4, 0.5) is 10.5 Å². The van der Waals surface area contributed by atoms with Crippen molar-refractivity contribution in [1.82, 2.24) is 0 Å². The monoisotopic (exact) mass is 281 g/mol. The number of hydrogen-bond acceptors (Lipinski definition) is 4. The number of aliphatic hydroxyl groups is 1. The second kappa shape index (κ2) is 6.38. The highest BCUT2D eigenvalue weighted by Gasteiger charge is 2.33. The normalized spacial score (nSPS) is 12.6. The molecule has 6 nitrogen and oxygen atoms in total. The van der Waals surface area contributed by atoms with Gasteiger partial charge >= 0.3 is 12.1 Å². The van der Waals surface area contributed by atoms with E-state index in [0.717, 1.165) is 4.90 Å². The first kappa shape index (κ1) is 16.0. The molecule has 0 fully saturated rings. The highest BCUT2D eigenvalue weighted by molar-refractivity contribution is 5.95. The number of ether oxygens (including phenoxy) is 1. The Morgan fingerprint density at radius 2 is 1.80 bits per heavy atom. The van der Waals surface area contributed by atoms with E-state index in [1.165, 1.54) is 0 Å². The molecule has 2 N–H and O–H groups in total. The van der Waals surface area contributed by atoms with Gasteiger partial charge in [0.1, 0.15) is 5.60 Å². The first-order valence-corrected chi connectivity index (χ1v) is 6.17. The van der Waals surface area contributed by atoms with E-state index in [2.05, 4.69) is 0 Å². The van der Waals surface area contributed by atoms with Crippen LogP contribution in [0, 0.1) is 0 Å². The van der Waals surface area contributed by atoms with Gasteiger partial charge in [0.05, 0.1) is 6.61 Å². The van der Waals surface area contributed by atoms with Crippen molar-refractivity contribution in [2.24, 2.45) is 0 Å². The molecule has 0 aliphatic carbocycles. The van der Waals surface area contributed by atoms with Crippen LogP contribution in [0.15, 0.2) is 30.3 Å². The molecule has 1 aromatic carbocycles. The minimum Gasteiger partial charge on any atom is -0.480 e. The molecule has 0 saturated heterocycles. The number of hydrogen-bond donors (Lipinski definition) is 2. The molecule has 0 heterocycles. The number of aliphatic hydroxyl groups excluding tert-OH is 1. The number of amides is 1. The van der Waals surface area contributed by atoms with E-state index < -0.39 is 30.3 Å². The van der Waals surface area contributed by atoms with Crippen LogP contribution in [0.25, 0.3) is 0 Å². The fourth-order valence-corrected chi connectivity index (χ4v) is 1.58. The Labute approximate surface area is 117 Å². The average molecular weight is 281 g/mol. The summed E-state index contributed by atoms with van der Waals surface area (Å²) in [6.45, 7) is 4.35. The number of carbonyl (C=O) groups excluding carboxylic acids is 1. The summed E-state index contributed by atoms with van der Waals surface area (Å²) in [6, 6.07) is 6.84. The quantitative estimate of drug-likeness (QED) is 0.879. The van der Waals surface area contributed by atoms with E-state index in [1.807, 2.05) is 0 Å². The molecule has 20 heavy (non-hydrogen) atoms. The van der Waals surface area contributed by atoms with Gasteiger partial charge in [-0.2, -0.15) is 0 Å². The van der Waals surface area contributed by atoms with Crippen LogP contribution >= 0.6 is 0 Å². The summed E-state index contributed by atoms with van der Waals surface area (Å²) in [5.74, 6) is -1.30. The molecule has 1 atom stereocenters. The van der Waals surface area contributed by atoms with E-state index in [1.54, 1.807) is 51.1 Å². The Bertz CT molecular complexity index is 466. The van der Waals surface area contributed by atoms with Crippen LogP contribution in [0.5, 0.6) is 0 Å². The maximum absolute atomic E-state index is 12.2. The van der Waals surface area contributed by atoms with Crippen molar-refractivity contribution in [2.75, 3.05) is 11.5 Å². The van der Waals surface area contributed by atoms with Crippen molar-refractivity contribution < 1.29 is 24.5 Å². The zero-order valence-electron chi connectivity index (χ0n) is 11.7. The molecule has 1 aromatic rings. The Balaban J connectivity index is 3.14. The highest BCUT2D eigenvalue weighted by Crippen LogP contribution is 2.20. The predicted octanol–water partition coefficient (Wildman–Crippen LogP) is 1.87. The SMILES string of the molecule is CC(C)(C)OC(=O)N(c1ccccc1)C(CO)C(=O)O. The third-order valence-corrected chi connectivity index (χ3v) is 2.39. The van der Waals surface area contributed by atoms with Crippen molar-refractivity contribution in [3.05, 3.63) is 30.3 Å². The lowest BCUT2D eigenvalue weighted by Crippen LogP contribution is -2.49. The van der Waals surface area contributed by atoms with Gasteiger partial charge in [0, 0.05) is 5.69 Å². The molecule has 6 heteroatoms. The van der Waals surface area contributed by atoms with Crippen molar-refractivity contribution in [1.29, 1.82) is 0 Å². The van der Waals surface area contributed by atoms with Crippen LogP contribution in [0.1, 0.15) is 20.8 Å². The van der Waals surface area contributed by atoms with E-state index in [0.29, 0.717) is 5.69 Å². The standard InChI is InChI=1S/C14H19NO5/c1-14(2,3)20-13(19)15(11(9-16)12(17)18)10-7-5-4-6-8-10/h4-8,11,16H,9H2,1-3H3,(H,17,18). The smallest absolute Gasteiger partial charge is 0.415 e. The van der Waals surface area contributed by atoms with E-state index >= 15 is 0 Å². The van der Waals surface area contributed by atoms with Crippen molar-refractivity contribution >= 4 is 17.7 Å². The van der Waals surface area contributed by atoms with Crippen LogP contribution in [0.3, 0.4) is 0 Å². The summed E-state index contributed by atoms with van der Waals surface area (Å²) in [6.07, 6.45) is -0.815.